The zero-order chi connectivity index (χ0) is 13.0. The lowest BCUT2D eigenvalue weighted by Crippen LogP contribution is -2.18. The van der Waals surface area contributed by atoms with Gasteiger partial charge in [0.25, 0.3) is 0 Å². The highest BCUT2D eigenvalue weighted by Gasteiger charge is 2.14. The van der Waals surface area contributed by atoms with Crippen molar-refractivity contribution in [2.45, 2.75) is 25.8 Å². The third-order valence-corrected chi connectivity index (χ3v) is 3.54. The summed E-state index contributed by atoms with van der Waals surface area (Å²) in [6, 6.07) is 12.7. The number of nitrogens with one attached hydrogen (secondary N) is 1. The van der Waals surface area contributed by atoms with E-state index in [2.05, 4.69) is 58.5 Å². The molecule has 0 saturated heterocycles. The Morgan fingerprint density at radius 3 is 2.72 bits per heavy atom. The molecule has 0 bridgehead atoms. The molecule has 0 radical (unpaired) electrons. The summed E-state index contributed by atoms with van der Waals surface area (Å²) >= 11 is 3.50. The minimum Gasteiger partial charge on any atom is -0.464 e. The van der Waals surface area contributed by atoms with Crippen LogP contribution in [0.5, 0.6) is 0 Å². The van der Waals surface area contributed by atoms with Crippen molar-refractivity contribution in [3.05, 3.63) is 58.0 Å². The van der Waals surface area contributed by atoms with Gasteiger partial charge < -0.3 is 9.73 Å². The molecule has 2 rings (SSSR count). The number of likely N-dealkylation sites (N-methyl/N-ethyl adjacent to an activating group) is 1. The quantitative estimate of drug-likeness (QED) is 0.899. The minimum absolute atomic E-state index is 0.222. The topological polar surface area (TPSA) is 25.2 Å². The molecule has 0 saturated carbocycles. The molecule has 0 spiro atoms. The number of benzene rings is 1. The van der Waals surface area contributed by atoms with Crippen LogP contribution in [0.15, 0.2) is 45.3 Å². The first-order valence-corrected chi connectivity index (χ1v) is 7.02. The monoisotopic (exact) mass is 307 g/mol. The van der Waals surface area contributed by atoms with Crippen LogP contribution in [0, 0.1) is 0 Å². The molecule has 0 aliphatic carbocycles. The third kappa shape index (κ3) is 3.24. The smallest absolute Gasteiger partial charge is 0.121 e. The van der Waals surface area contributed by atoms with Crippen molar-refractivity contribution >= 4 is 15.9 Å². The Labute approximate surface area is 117 Å². The highest BCUT2D eigenvalue weighted by atomic mass is 79.9. The third-order valence-electron chi connectivity index (χ3n) is 3.05. The molecule has 0 amide bonds. The second-order valence-electron chi connectivity index (χ2n) is 4.33. The molecule has 1 atom stereocenters. The maximum Gasteiger partial charge on any atom is 0.121 e. The SMILES string of the molecule is CCc1ccc(C(Cc2cccc(Br)c2)NC)o1. The largest absolute Gasteiger partial charge is 0.464 e. The van der Waals surface area contributed by atoms with Gasteiger partial charge in [0.2, 0.25) is 0 Å². The molecule has 1 aromatic carbocycles. The number of hydrogen-bond donors (Lipinski definition) is 1. The molecule has 1 N–H and O–H groups in total. The highest BCUT2D eigenvalue weighted by Crippen LogP contribution is 2.22. The van der Waals surface area contributed by atoms with E-state index in [4.69, 9.17) is 4.42 Å². The van der Waals surface area contributed by atoms with E-state index in [0.29, 0.717) is 0 Å². The molecule has 0 aliphatic rings. The zero-order valence-corrected chi connectivity index (χ0v) is 12.3. The highest BCUT2D eigenvalue weighted by molar-refractivity contribution is 9.10. The molecule has 96 valence electrons. The summed E-state index contributed by atoms with van der Waals surface area (Å²) in [5.41, 5.74) is 1.29. The van der Waals surface area contributed by atoms with Gasteiger partial charge in [0.1, 0.15) is 11.5 Å². The van der Waals surface area contributed by atoms with Crippen molar-refractivity contribution in [1.29, 1.82) is 0 Å². The molecule has 1 heterocycles. The molecule has 3 heteroatoms. The average Bonchev–Trinajstić information content (AvgIpc) is 2.84. The van der Waals surface area contributed by atoms with Gasteiger partial charge in [0.05, 0.1) is 6.04 Å². The lowest BCUT2D eigenvalue weighted by Gasteiger charge is -2.14. The van der Waals surface area contributed by atoms with Gasteiger partial charge in [-0.05, 0) is 43.3 Å². The van der Waals surface area contributed by atoms with Crippen LogP contribution in [0.4, 0.5) is 0 Å². The first-order valence-electron chi connectivity index (χ1n) is 6.23. The maximum absolute atomic E-state index is 5.81. The molecule has 18 heavy (non-hydrogen) atoms. The Morgan fingerprint density at radius 1 is 1.28 bits per heavy atom. The fourth-order valence-electron chi connectivity index (χ4n) is 2.02. The summed E-state index contributed by atoms with van der Waals surface area (Å²) in [4.78, 5) is 0. The summed E-state index contributed by atoms with van der Waals surface area (Å²) < 4.78 is 6.93. The van der Waals surface area contributed by atoms with Crippen LogP contribution in [0.1, 0.15) is 30.0 Å². The Balaban J connectivity index is 2.14. The first kappa shape index (κ1) is 13.4. The Bertz CT molecular complexity index is 507. The fraction of sp³-hybridized carbons (Fsp3) is 0.333. The summed E-state index contributed by atoms with van der Waals surface area (Å²) in [5, 5.41) is 3.31. The number of furan rings is 1. The van der Waals surface area contributed by atoms with Crippen LogP contribution in [0.3, 0.4) is 0 Å². The van der Waals surface area contributed by atoms with Gasteiger partial charge in [-0.15, -0.1) is 0 Å². The average molecular weight is 308 g/mol. The number of aryl methyl sites for hydroxylation is 1. The number of hydrogen-bond acceptors (Lipinski definition) is 2. The van der Waals surface area contributed by atoms with Crippen LogP contribution in [-0.4, -0.2) is 7.05 Å². The molecule has 1 aromatic heterocycles. The van der Waals surface area contributed by atoms with Gasteiger partial charge in [-0.3, -0.25) is 0 Å². The molecular formula is C15H18BrNO. The zero-order valence-electron chi connectivity index (χ0n) is 10.7. The second-order valence-corrected chi connectivity index (χ2v) is 5.25. The number of rotatable bonds is 5. The van der Waals surface area contributed by atoms with Gasteiger partial charge >= 0.3 is 0 Å². The van der Waals surface area contributed by atoms with Gasteiger partial charge in [0.15, 0.2) is 0 Å². The van der Waals surface area contributed by atoms with Crippen molar-refractivity contribution in [2.75, 3.05) is 7.05 Å². The van der Waals surface area contributed by atoms with Crippen molar-refractivity contribution in [2.24, 2.45) is 0 Å². The van der Waals surface area contributed by atoms with E-state index in [-0.39, 0.29) is 6.04 Å². The van der Waals surface area contributed by atoms with Crippen LogP contribution >= 0.6 is 15.9 Å². The minimum atomic E-state index is 0.222. The molecule has 0 aliphatic heterocycles. The predicted octanol–water partition coefficient (Wildman–Crippen LogP) is 4.11. The van der Waals surface area contributed by atoms with Crippen LogP contribution in [0.2, 0.25) is 0 Å². The lowest BCUT2D eigenvalue weighted by molar-refractivity contribution is 0.407. The van der Waals surface area contributed by atoms with Crippen LogP contribution < -0.4 is 5.32 Å². The standard InChI is InChI=1S/C15H18BrNO/c1-3-13-7-8-15(18-13)14(17-2)10-11-5-4-6-12(16)9-11/h4-9,14,17H,3,10H2,1-2H3. The molecular weight excluding hydrogens is 290 g/mol. The van der Waals surface area contributed by atoms with Crippen molar-refractivity contribution in [3.63, 3.8) is 0 Å². The van der Waals surface area contributed by atoms with Crippen LogP contribution in [0.25, 0.3) is 0 Å². The Morgan fingerprint density at radius 2 is 2.11 bits per heavy atom. The molecule has 1 unspecified atom stereocenters. The molecule has 0 fully saturated rings. The Hall–Kier alpha value is -1.06. The first-order chi connectivity index (χ1) is 8.72. The number of halogens is 1. The Kier molecular flexibility index (Phi) is 4.61. The summed E-state index contributed by atoms with van der Waals surface area (Å²) in [6.07, 6.45) is 1.86. The van der Waals surface area contributed by atoms with E-state index in [1.807, 2.05) is 13.1 Å². The van der Waals surface area contributed by atoms with E-state index >= 15 is 0 Å². The van der Waals surface area contributed by atoms with E-state index in [9.17, 15) is 0 Å². The van der Waals surface area contributed by atoms with Gasteiger partial charge in [-0.1, -0.05) is 35.0 Å². The summed E-state index contributed by atoms with van der Waals surface area (Å²) in [7, 11) is 1.97. The van der Waals surface area contributed by atoms with Crippen molar-refractivity contribution < 1.29 is 4.42 Å². The fourth-order valence-corrected chi connectivity index (χ4v) is 2.46. The molecule has 2 nitrogen and oxygen atoms in total. The summed E-state index contributed by atoms with van der Waals surface area (Å²) in [5.74, 6) is 2.05. The normalized spacial score (nSPS) is 12.6. The van der Waals surface area contributed by atoms with Gasteiger partial charge in [0, 0.05) is 10.9 Å². The van der Waals surface area contributed by atoms with Gasteiger partial charge in [-0.25, -0.2) is 0 Å². The van der Waals surface area contributed by atoms with E-state index in [1.165, 1.54) is 5.56 Å². The van der Waals surface area contributed by atoms with E-state index in [1.54, 1.807) is 0 Å². The van der Waals surface area contributed by atoms with Gasteiger partial charge in [-0.2, -0.15) is 0 Å². The molecule has 2 aromatic rings. The van der Waals surface area contributed by atoms with E-state index in [0.717, 1.165) is 28.8 Å². The van der Waals surface area contributed by atoms with Crippen molar-refractivity contribution in [3.8, 4) is 0 Å². The maximum atomic E-state index is 5.81. The van der Waals surface area contributed by atoms with Crippen LogP contribution in [-0.2, 0) is 12.8 Å². The van der Waals surface area contributed by atoms with E-state index < -0.39 is 0 Å². The summed E-state index contributed by atoms with van der Waals surface area (Å²) in [6.45, 7) is 2.10. The second kappa shape index (κ2) is 6.21. The van der Waals surface area contributed by atoms with Crippen molar-refractivity contribution in [1.82, 2.24) is 5.32 Å². The predicted molar refractivity (Wildman–Crippen MR) is 77.7 cm³/mol. The lowest BCUT2D eigenvalue weighted by atomic mass is 10.0.